The Kier molecular flexibility index (Phi) is 113. The summed E-state index contributed by atoms with van der Waals surface area (Å²) < 4.78 is 33.5. The molecular formula is C76H122Cl10N13O10W3Y3-9. The zero-order valence-corrected chi connectivity index (χ0v) is 94.2. The first-order valence-corrected chi connectivity index (χ1v) is 37.8. The van der Waals surface area contributed by atoms with Crippen LogP contribution in [0.15, 0.2) is 86.0 Å². The van der Waals surface area contributed by atoms with Gasteiger partial charge in [0, 0.05) is 252 Å². The number of nitriles is 3. The number of hydrogen-bond donors (Lipinski definition) is 1. The van der Waals surface area contributed by atoms with E-state index in [1.165, 1.54) is 4.90 Å². The Balaban J connectivity index is -0.0000000839. The third-order valence-corrected chi connectivity index (χ3v) is 14.7. The van der Waals surface area contributed by atoms with Crippen molar-refractivity contribution in [1.82, 2.24) is 33.8 Å². The molecule has 23 nitrogen and oxygen atoms in total. The number of rotatable bonds is 11. The Morgan fingerprint density at radius 2 is 0.809 bits per heavy atom. The molecule has 6 rings (SSSR count). The first-order valence-electron chi connectivity index (χ1n) is 33.9. The molecule has 0 spiro atoms. The molecule has 3 aliphatic rings. The van der Waals surface area contributed by atoms with E-state index in [0.717, 1.165) is 78.8 Å². The average Bonchev–Trinajstić information content (AvgIpc) is 0.795. The van der Waals surface area contributed by atoms with Gasteiger partial charge in [-0.3, -0.25) is 28.2 Å². The van der Waals surface area contributed by atoms with Crippen LogP contribution in [0.25, 0.3) is 17.6 Å². The van der Waals surface area contributed by atoms with Crippen LogP contribution in [0.5, 0.6) is 0 Å². The molecule has 3 aromatic rings. The van der Waals surface area contributed by atoms with E-state index in [4.69, 9.17) is 150 Å². The van der Waals surface area contributed by atoms with Gasteiger partial charge in [0.25, 0.3) is 0 Å². The monoisotopic (exact) mass is 2550 g/mol. The Hall–Kier alpha value is 0.907. The smallest absolute Gasteiger partial charge is 0.410 e. The van der Waals surface area contributed by atoms with Gasteiger partial charge >= 0.3 is 24.4 Å². The topological polar surface area (TPSA) is 308 Å². The number of likely N-dealkylation sites (tertiary alicyclic amines) is 1. The number of amides is 4. The Morgan fingerprint density at radius 1 is 0.539 bits per heavy atom. The van der Waals surface area contributed by atoms with Gasteiger partial charge in [-0.05, 0) is 167 Å². The molecule has 3 fully saturated rings. The van der Waals surface area contributed by atoms with Gasteiger partial charge in [0.05, 0.1) is 61.9 Å². The summed E-state index contributed by atoms with van der Waals surface area (Å²) in [6, 6.07) is 29.3. The molecule has 4 amide bonds. The molecule has 3 heterocycles. The van der Waals surface area contributed by atoms with E-state index in [0.29, 0.717) is 110 Å². The third kappa shape index (κ3) is 82.9. The molecule has 0 saturated carbocycles. The standard InChI is InChI=1S/C17H21ClN2O2.C12H12Cl2N2.C9H17Cl2NO2.C8H6ClN.2C7H13NO2.C4H8Cl3N.C4H8O2.C2H5N.2C2H6N.C2H4.ClH.H2N.3W.3Y/c1-16(2,3)22-15(21)20-10-8-17(12-19,9-11-20)13-6-4-5-7-14(13)18;13-11-4-2-1-3-10(11)12(9-15)5-7-16(14)8-6-12;1-9(2,3)14-8(13)12(6-4-10)7-5-11;9-8-4-2-1-3-7(8)5-6-10;2*1-7(2,3)10-6(9)8(4)5;5-1-3-8(7)4-2-6;1-2-6-4-3-5-1;1-3-2;2*1-2-3;1-2;;;;;;;;/h4-7H,8-11H2,1-3H3;1-4H,5-8H2;4-7H2,1-3H3;1-4H,5H2;2*4-5H2,1-3H3;1-4H2;1-4H2;3H,1-2H2;2*3H,2H2,1H3;1-2H2;1H;1H2;;;;;;/q;;;;2*-2;;;-2;2*-1;;;-1;;;;;;. The Labute approximate surface area is 862 Å². The van der Waals surface area contributed by atoms with E-state index in [9.17, 15) is 29.7 Å². The number of halogens is 10. The zero-order valence-electron chi connectivity index (χ0n) is 69.3. The molecule has 0 atom stereocenters. The maximum absolute atomic E-state index is 12.1. The molecule has 115 heavy (non-hydrogen) atoms. The van der Waals surface area contributed by atoms with Crippen LogP contribution in [-0.2, 0) is 207 Å². The fourth-order valence-corrected chi connectivity index (χ4v) is 9.94. The first-order chi connectivity index (χ1) is 49.9. The van der Waals surface area contributed by atoms with Crippen LogP contribution in [-0.4, -0.2) is 191 Å². The molecule has 3 aromatic carbocycles. The van der Waals surface area contributed by atoms with Crippen molar-refractivity contribution in [1.29, 1.82) is 15.8 Å². The summed E-state index contributed by atoms with van der Waals surface area (Å²) in [5, 5.41) is 31.7. The van der Waals surface area contributed by atoms with Gasteiger partial charge in [0.15, 0.2) is 0 Å². The second-order valence-electron chi connectivity index (χ2n) is 26.0. The maximum atomic E-state index is 12.1. The summed E-state index contributed by atoms with van der Waals surface area (Å²) in [6.07, 6.45) is 1.25. The number of alkyl halides is 4. The van der Waals surface area contributed by atoms with Crippen molar-refractivity contribution in [2.24, 2.45) is 0 Å². The molecule has 0 aliphatic carbocycles. The number of ether oxygens (including phenoxy) is 6. The summed E-state index contributed by atoms with van der Waals surface area (Å²) in [7, 11) is 19.3. The largest absolute Gasteiger partial charge is 0.693 e. The molecule has 3 radical (unpaired) electrons. The van der Waals surface area contributed by atoms with Gasteiger partial charge < -0.3 is 85.1 Å². The van der Waals surface area contributed by atoms with Crippen molar-refractivity contribution < 1.29 is 209 Å². The van der Waals surface area contributed by atoms with Crippen LogP contribution in [0.3, 0.4) is 0 Å². The van der Waals surface area contributed by atoms with Crippen LogP contribution in [0, 0.1) is 76.3 Å². The SMILES string of the molecule is C1COCCO1.C=C.CC(C)(C)OC(=O)N(CCCl)CCCl.CC(C)(C)OC(=O)N1CCC(C#N)(c2ccccc2Cl)CC1.CC[NH-].CC[NH-].Cl.ClCCN(Cl)CCCl.N#CC1(c2ccccc2Cl)CCN(Cl)CC1.N#CCc1ccccc1Cl.[CH2-]N([CH2-])C(=O)OC(C)(C)C.[CH2-]N([CH2-])C(=O)OC(C)(C)C.[CH2-]N[CH2-].[NH2-].[W].[W].[W].[Y].[Y].[Y]. The number of benzene rings is 3. The van der Waals surface area contributed by atoms with Crippen LogP contribution in [0.1, 0.15) is 139 Å². The summed E-state index contributed by atoms with van der Waals surface area (Å²) in [6.45, 7) is 40.2. The number of nitrogens with zero attached hydrogens (tertiary/aromatic N) is 9. The summed E-state index contributed by atoms with van der Waals surface area (Å²) in [5.41, 5.74) is 12.1. The van der Waals surface area contributed by atoms with Crippen LogP contribution in [0.4, 0.5) is 19.2 Å². The van der Waals surface area contributed by atoms with Gasteiger partial charge in [0.2, 0.25) is 0 Å². The van der Waals surface area contributed by atoms with Gasteiger partial charge in [-0.2, -0.15) is 28.9 Å². The molecule has 3 aliphatic heterocycles. The predicted octanol–water partition coefficient (Wildman–Crippen LogP) is 22.4. The molecular weight excluding hydrogens is 2430 g/mol. The molecule has 0 unspecified atom stereocenters. The Bertz CT molecular complexity index is 2890. The molecule has 657 valence electrons. The summed E-state index contributed by atoms with van der Waals surface area (Å²) >= 11 is 51.5. The Morgan fingerprint density at radius 3 is 1.04 bits per heavy atom. The van der Waals surface area contributed by atoms with E-state index >= 15 is 0 Å². The minimum absolute atomic E-state index is 0. The van der Waals surface area contributed by atoms with Crippen LogP contribution >= 0.6 is 117 Å². The van der Waals surface area contributed by atoms with E-state index in [1.54, 1.807) is 81.3 Å². The van der Waals surface area contributed by atoms with E-state index in [1.807, 2.05) is 108 Å². The van der Waals surface area contributed by atoms with Gasteiger partial charge in [-0.1, -0.05) is 103 Å². The van der Waals surface area contributed by atoms with Gasteiger partial charge in [0.1, 0.15) is 22.4 Å². The minimum Gasteiger partial charge on any atom is -0.693 e. The van der Waals surface area contributed by atoms with Crippen molar-refractivity contribution in [3.05, 3.63) is 178 Å². The molecule has 39 heteroatoms. The second kappa shape index (κ2) is 88.3. The van der Waals surface area contributed by atoms with Crippen molar-refractivity contribution in [3.63, 3.8) is 0 Å². The van der Waals surface area contributed by atoms with Crippen LogP contribution in [0.2, 0.25) is 15.1 Å². The van der Waals surface area contributed by atoms with Crippen molar-refractivity contribution in [2.45, 2.75) is 162 Å². The third-order valence-electron chi connectivity index (χ3n) is 12.3. The van der Waals surface area contributed by atoms with Crippen molar-refractivity contribution >= 4 is 142 Å². The minimum atomic E-state index is -0.628. The fourth-order valence-electron chi connectivity index (χ4n) is 7.78. The number of piperidine rings is 2. The normalized spacial score (nSPS) is 12.7. The van der Waals surface area contributed by atoms with Crippen molar-refractivity contribution in [3.8, 4) is 18.2 Å². The summed E-state index contributed by atoms with van der Waals surface area (Å²) in [4.78, 5) is 50.1. The number of nitrogens with two attached hydrogens (primary N) is 1. The number of nitrogens with one attached hydrogen (secondary N) is 3. The number of hydrogen-bond acceptors (Lipinski definition) is 16. The summed E-state index contributed by atoms with van der Waals surface area (Å²) in [5.74, 6) is 1.88. The molecule has 0 aromatic heterocycles. The molecule has 3 saturated heterocycles. The number of carbonyl (C=O) groups excluding carboxylic acids is 4. The van der Waals surface area contributed by atoms with Crippen LogP contribution < -0.4 is 5.32 Å². The zero-order chi connectivity index (χ0) is 84.1. The average molecular weight is 2550 g/mol. The first kappa shape index (κ1) is 147. The second-order valence-corrected chi connectivity index (χ2v) is 29.7. The van der Waals surface area contributed by atoms with E-state index < -0.39 is 45.4 Å². The van der Waals surface area contributed by atoms with Gasteiger partial charge in [-0.15, -0.1) is 72.0 Å². The molecule has 5 N–H and O–H groups in total. The maximum Gasteiger partial charge on any atom is 0.410 e. The predicted molar refractivity (Wildman–Crippen MR) is 457 cm³/mol. The van der Waals surface area contributed by atoms with E-state index in [-0.39, 0.29) is 192 Å². The quantitative estimate of drug-likeness (QED) is 0.0613. The number of carbonyl (C=O) groups is 4. The van der Waals surface area contributed by atoms with Gasteiger partial charge in [-0.25, -0.2) is 28.0 Å². The fraction of sp³-hybridized carbons (Fsp3) is 0.566. The molecule has 0 bridgehead atoms. The van der Waals surface area contributed by atoms with Crippen molar-refractivity contribution in [2.75, 3.05) is 115 Å². The van der Waals surface area contributed by atoms with E-state index in [2.05, 4.69) is 72.9 Å².